The van der Waals surface area contributed by atoms with Crippen LogP contribution >= 0.6 is 22.6 Å². The zero-order chi connectivity index (χ0) is 13.0. The van der Waals surface area contributed by atoms with Gasteiger partial charge in [0.15, 0.2) is 0 Å². The van der Waals surface area contributed by atoms with Crippen LogP contribution in [0.15, 0.2) is 0 Å². The normalized spacial score (nSPS) is 43.2. The van der Waals surface area contributed by atoms with E-state index in [0.29, 0.717) is 28.3 Å². The highest BCUT2D eigenvalue weighted by Gasteiger charge is 2.29. The predicted octanol–water partition coefficient (Wildman–Crippen LogP) is 4.49. The van der Waals surface area contributed by atoms with Crippen LogP contribution in [0, 0.1) is 0 Å². The molecule has 0 bridgehead atoms. The SMILES string of the molecule is CC1CC(OC2CCCCCCC2I)CC(C)O1. The van der Waals surface area contributed by atoms with Crippen LogP contribution in [0.4, 0.5) is 0 Å². The molecule has 2 rings (SSSR count). The van der Waals surface area contributed by atoms with Gasteiger partial charge < -0.3 is 9.47 Å². The lowest BCUT2D eigenvalue weighted by Gasteiger charge is -2.36. The Kier molecular flexibility index (Phi) is 6.22. The van der Waals surface area contributed by atoms with Crippen LogP contribution in [0.5, 0.6) is 0 Å². The first kappa shape index (κ1) is 15.0. The highest BCUT2D eigenvalue weighted by Crippen LogP contribution is 2.30. The summed E-state index contributed by atoms with van der Waals surface area (Å²) in [7, 11) is 0. The van der Waals surface area contributed by atoms with Gasteiger partial charge in [0.1, 0.15) is 0 Å². The second-order valence-corrected chi connectivity index (χ2v) is 7.63. The van der Waals surface area contributed by atoms with E-state index in [4.69, 9.17) is 9.47 Å². The minimum atomic E-state index is 0.361. The van der Waals surface area contributed by atoms with E-state index >= 15 is 0 Å². The first-order chi connectivity index (χ1) is 8.65. The van der Waals surface area contributed by atoms with Crippen molar-refractivity contribution in [3.8, 4) is 0 Å². The van der Waals surface area contributed by atoms with Crippen LogP contribution in [0.2, 0.25) is 0 Å². The van der Waals surface area contributed by atoms with E-state index in [0.717, 1.165) is 12.8 Å². The van der Waals surface area contributed by atoms with E-state index in [1.807, 2.05) is 0 Å². The summed E-state index contributed by atoms with van der Waals surface area (Å²) >= 11 is 2.61. The van der Waals surface area contributed by atoms with E-state index < -0.39 is 0 Å². The summed E-state index contributed by atoms with van der Waals surface area (Å²) in [5, 5.41) is 0. The van der Waals surface area contributed by atoms with Gasteiger partial charge in [0, 0.05) is 3.92 Å². The Labute approximate surface area is 125 Å². The molecule has 3 heteroatoms. The highest BCUT2D eigenvalue weighted by molar-refractivity contribution is 14.1. The van der Waals surface area contributed by atoms with E-state index in [-0.39, 0.29) is 0 Å². The van der Waals surface area contributed by atoms with Gasteiger partial charge in [-0.2, -0.15) is 0 Å². The number of halogens is 1. The van der Waals surface area contributed by atoms with Crippen LogP contribution in [-0.2, 0) is 9.47 Å². The van der Waals surface area contributed by atoms with Gasteiger partial charge in [-0.25, -0.2) is 0 Å². The zero-order valence-electron chi connectivity index (χ0n) is 11.7. The third kappa shape index (κ3) is 4.64. The van der Waals surface area contributed by atoms with Gasteiger partial charge in [0.25, 0.3) is 0 Å². The van der Waals surface area contributed by atoms with Crippen molar-refractivity contribution in [3.05, 3.63) is 0 Å². The van der Waals surface area contributed by atoms with Gasteiger partial charge >= 0.3 is 0 Å². The van der Waals surface area contributed by atoms with Gasteiger partial charge in [-0.1, -0.05) is 48.3 Å². The number of alkyl halides is 1. The van der Waals surface area contributed by atoms with Crippen LogP contribution < -0.4 is 0 Å². The Hall–Kier alpha value is 0.650. The number of hydrogen-bond donors (Lipinski definition) is 0. The lowest BCUT2D eigenvalue weighted by Crippen LogP contribution is -2.38. The van der Waals surface area contributed by atoms with Crippen molar-refractivity contribution < 1.29 is 9.47 Å². The zero-order valence-corrected chi connectivity index (χ0v) is 13.9. The molecule has 4 atom stereocenters. The summed E-state index contributed by atoms with van der Waals surface area (Å²) in [5.74, 6) is 0. The number of rotatable bonds is 2. The van der Waals surface area contributed by atoms with Crippen LogP contribution in [0.25, 0.3) is 0 Å². The molecule has 0 aromatic heterocycles. The quantitative estimate of drug-likeness (QED) is 0.530. The summed E-state index contributed by atoms with van der Waals surface area (Å²) < 4.78 is 12.9. The Morgan fingerprint density at radius 1 is 0.944 bits per heavy atom. The Balaban J connectivity index is 1.85. The monoisotopic (exact) mass is 366 g/mol. The largest absolute Gasteiger partial charge is 0.375 e. The fraction of sp³-hybridized carbons (Fsp3) is 1.00. The molecule has 1 saturated carbocycles. The molecule has 1 aliphatic carbocycles. The lowest BCUT2D eigenvalue weighted by atomic mass is 9.97. The van der Waals surface area contributed by atoms with Gasteiger partial charge in [0.2, 0.25) is 0 Å². The molecular formula is C15H27IO2. The van der Waals surface area contributed by atoms with Crippen LogP contribution in [-0.4, -0.2) is 28.3 Å². The summed E-state index contributed by atoms with van der Waals surface area (Å²) in [5.41, 5.74) is 0. The molecule has 2 aliphatic rings. The first-order valence-corrected chi connectivity index (χ1v) is 8.84. The third-order valence-electron chi connectivity index (χ3n) is 4.14. The third-order valence-corrected chi connectivity index (χ3v) is 5.57. The average Bonchev–Trinajstić information content (AvgIpc) is 2.28. The van der Waals surface area contributed by atoms with Crippen LogP contribution in [0.3, 0.4) is 0 Å². The molecular weight excluding hydrogens is 339 g/mol. The standard InChI is InChI=1S/C15H27IO2/c1-11-9-13(10-12(2)17-11)18-15-8-6-4-3-5-7-14(15)16/h11-15H,3-10H2,1-2H3. The van der Waals surface area contributed by atoms with Gasteiger partial charge in [-0.05, 0) is 39.5 Å². The molecule has 0 N–H and O–H groups in total. The van der Waals surface area contributed by atoms with Crippen molar-refractivity contribution >= 4 is 22.6 Å². The van der Waals surface area contributed by atoms with E-state index in [1.54, 1.807) is 0 Å². The van der Waals surface area contributed by atoms with Crippen LogP contribution in [0.1, 0.15) is 65.2 Å². The second-order valence-electron chi connectivity index (χ2n) is 6.03. The molecule has 2 fully saturated rings. The smallest absolute Gasteiger partial charge is 0.0696 e. The van der Waals surface area contributed by atoms with Crippen molar-refractivity contribution in [3.63, 3.8) is 0 Å². The maximum Gasteiger partial charge on any atom is 0.0696 e. The molecule has 1 aliphatic heterocycles. The van der Waals surface area contributed by atoms with E-state index in [1.165, 1.54) is 38.5 Å². The fourth-order valence-electron chi connectivity index (χ4n) is 3.26. The molecule has 1 saturated heterocycles. The minimum absolute atomic E-state index is 0.361. The highest BCUT2D eigenvalue weighted by atomic mass is 127. The number of ether oxygens (including phenoxy) is 2. The van der Waals surface area contributed by atoms with Gasteiger partial charge in [-0.3, -0.25) is 0 Å². The molecule has 0 aromatic rings. The summed E-state index contributed by atoms with van der Waals surface area (Å²) in [6.45, 7) is 4.34. The molecule has 0 aromatic carbocycles. The molecule has 106 valence electrons. The Bertz CT molecular complexity index is 237. The fourth-order valence-corrected chi connectivity index (χ4v) is 4.23. The molecule has 0 amide bonds. The molecule has 0 radical (unpaired) electrons. The van der Waals surface area contributed by atoms with Crippen molar-refractivity contribution in [2.24, 2.45) is 0 Å². The summed E-state index contributed by atoms with van der Waals surface area (Å²) in [4.78, 5) is 0. The minimum Gasteiger partial charge on any atom is -0.375 e. The summed E-state index contributed by atoms with van der Waals surface area (Å²) in [6.07, 6.45) is 11.9. The first-order valence-electron chi connectivity index (χ1n) is 7.60. The van der Waals surface area contributed by atoms with Crippen molar-refractivity contribution in [2.75, 3.05) is 0 Å². The topological polar surface area (TPSA) is 18.5 Å². The Morgan fingerprint density at radius 2 is 1.56 bits per heavy atom. The van der Waals surface area contributed by atoms with Gasteiger partial charge in [-0.15, -0.1) is 0 Å². The molecule has 4 unspecified atom stereocenters. The van der Waals surface area contributed by atoms with E-state index in [9.17, 15) is 0 Å². The Morgan fingerprint density at radius 3 is 2.22 bits per heavy atom. The van der Waals surface area contributed by atoms with E-state index in [2.05, 4.69) is 36.4 Å². The predicted molar refractivity (Wildman–Crippen MR) is 83.4 cm³/mol. The molecule has 2 nitrogen and oxygen atoms in total. The maximum atomic E-state index is 6.43. The van der Waals surface area contributed by atoms with Gasteiger partial charge in [0.05, 0.1) is 24.4 Å². The van der Waals surface area contributed by atoms with Crippen molar-refractivity contribution in [1.82, 2.24) is 0 Å². The lowest BCUT2D eigenvalue weighted by molar-refractivity contribution is -0.122. The van der Waals surface area contributed by atoms with Crippen molar-refractivity contribution in [2.45, 2.75) is 93.6 Å². The average molecular weight is 366 g/mol. The molecule has 1 heterocycles. The van der Waals surface area contributed by atoms with Crippen molar-refractivity contribution in [1.29, 1.82) is 0 Å². The summed E-state index contributed by atoms with van der Waals surface area (Å²) in [6, 6.07) is 0. The second kappa shape index (κ2) is 7.44. The maximum absolute atomic E-state index is 6.43. The number of hydrogen-bond acceptors (Lipinski definition) is 2. The molecule has 0 spiro atoms. The molecule has 18 heavy (non-hydrogen) atoms.